The third-order valence-corrected chi connectivity index (χ3v) is 4.21. The van der Waals surface area contributed by atoms with Crippen LogP contribution in [-0.4, -0.2) is 26.6 Å². The van der Waals surface area contributed by atoms with E-state index in [0.717, 1.165) is 30.3 Å². The van der Waals surface area contributed by atoms with Crippen LogP contribution in [-0.2, 0) is 12.8 Å². The van der Waals surface area contributed by atoms with Gasteiger partial charge < -0.3 is 5.32 Å². The average molecular weight is 269 g/mol. The molecule has 2 aliphatic carbocycles. The van der Waals surface area contributed by atoms with Gasteiger partial charge in [-0.05, 0) is 38.5 Å². The summed E-state index contributed by atoms with van der Waals surface area (Å²) in [4.78, 5) is 13.9. The fourth-order valence-corrected chi connectivity index (χ4v) is 2.89. The molecule has 1 fully saturated rings. The van der Waals surface area contributed by atoms with Crippen LogP contribution in [0.15, 0.2) is 12.4 Å². The summed E-state index contributed by atoms with van der Waals surface area (Å²) >= 11 is 0. The molecule has 2 heterocycles. The molecule has 0 spiro atoms. The number of aromatic nitrogens is 4. The molecule has 0 aliphatic heterocycles. The van der Waals surface area contributed by atoms with Gasteiger partial charge in [-0.1, -0.05) is 0 Å². The van der Waals surface area contributed by atoms with Crippen molar-refractivity contribution in [1.82, 2.24) is 19.5 Å². The summed E-state index contributed by atoms with van der Waals surface area (Å²) in [5.74, 6) is 3.39. The largest absolute Gasteiger partial charge is 0.373 e. The monoisotopic (exact) mass is 269 g/mol. The lowest BCUT2D eigenvalue weighted by atomic mass is 10.0. The lowest BCUT2D eigenvalue weighted by Crippen LogP contribution is -2.10. The van der Waals surface area contributed by atoms with Crippen molar-refractivity contribution < 1.29 is 0 Å². The van der Waals surface area contributed by atoms with Crippen LogP contribution < -0.4 is 5.32 Å². The lowest BCUT2D eigenvalue weighted by molar-refractivity contribution is 0.653. The molecule has 0 saturated heterocycles. The van der Waals surface area contributed by atoms with Crippen LogP contribution in [0.3, 0.4) is 0 Å². The maximum Gasteiger partial charge on any atom is 0.143 e. The summed E-state index contributed by atoms with van der Waals surface area (Å²) in [5.41, 5.74) is 2.58. The maximum absolute atomic E-state index is 4.77. The van der Waals surface area contributed by atoms with Crippen LogP contribution >= 0.6 is 0 Å². The van der Waals surface area contributed by atoms with Crippen LogP contribution in [0.25, 0.3) is 5.82 Å². The first-order valence-electron chi connectivity index (χ1n) is 7.47. The summed E-state index contributed by atoms with van der Waals surface area (Å²) < 4.78 is 2.16. The van der Waals surface area contributed by atoms with Crippen molar-refractivity contribution in [2.45, 2.75) is 44.4 Å². The molecule has 1 saturated carbocycles. The second kappa shape index (κ2) is 4.58. The van der Waals surface area contributed by atoms with Gasteiger partial charge >= 0.3 is 0 Å². The van der Waals surface area contributed by atoms with Crippen molar-refractivity contribution in [2.75, 3.05) is 12.4 Å². The Balaban J connectivity index is 1.80. The Morgan fingerprint density at radius 3 is 2.85 bits per heavy atom. The zero-order valence-corrected chi connectivity index (χ0v) is 11.8. The first kappa shape index (κ1) is 11.9. The van der Waals surface area contributed by atoms with Crippen molar-refractivity contribution in [1.29, 1.82) is 0 Å². The Morgan fingerprint density at radius 2 is 2.05 bits per heavy atom. The van der Waals surface area contributed by atoms with Crippen molar-refractivity contribution >= 4 is 5.82 Å². The van der Waals surface area contributed by atoms with Gasteiger partial charge in [0.15, 0.2) is 0 Å². The van der Waals surface area contributed by atoms with Gasteiger partial charge in [-0.3, -0.25) is 4.57 Å². The Morgan fingerprint density at radius 1 is 1.20 bits per heavy atom. The van der Waals surface area contributed by atoms with Gasteiger partial charge in [0.1, 0.15) is 23.8 Å². The highest BCUT2D eigenvalue weighted by Crippen LogP contribution is 2.38. The highest BCUT2D eigenvalue weighted by atomic mass is 15.2. The molecule has 2 aromatic heterocycles. The summed E-state index contributed by atoms with van der Waals surface area (Å²) in [7, 11) is 1.91. The molecule has 0 atom stereocenters. The van der Waals surface area contributed by atoms with Gasteiger partial charge in [0.05, 0.1) is 5.69 Å². The first-order valence-corrected chi connectivity index (χ1v) is 7.47. The third kappa shape index (κ3) is 1.97. The molecular formula is C15H19N5. The van der Waals surface area contributed by atoms with E-state index in [4.69, 9.17) is 4.98 Å². The molecule has 4 rings (SSSR count). The molecule has 104 valence electrons. The zero-order valence-electron chi connectivity index (χ0n) is 11.8. The normalized spacial score (nSPS) is 17.9. The number of rotatable bonds is 3. The molecule has 0 bridgehead atoms. The van der Waals surface area contributed by atoms with Crippen molar-refractivity contribution in [3.63, 3.8) is 0 Å². The van der Waals surface area contributed by atoms with E-state index in [0.29, 0.717) is 5.92 Å². The fraction of sp³-hybridized carbons (Fsp3) is 0.533. The number of hydrogen-bond donors (Lipinski definition) is 1. The van der Waals surface area contributed by atoms with Gasteiger partial charge in [0.25, 0.3) is 0 Å². The molecule has 20 heavy (non-hydrogen) atoms. The molecular weight excluding hydrogens is 250 g/mol. The second-order valence-corrected chi connectivity index (χ2v) is 5.71. The fourth-order valence-electron chi connectivity index (χ4n) is 2.89. The van der Waals surface area contributed by atoms with Crippen LogP contribution in [0.4, 0.5) is 5.82 Å². The van der Waals surface area contributed by atoms with E-state index in [1.165, 1.54) is 37.1 Å². The average Bonchev–Trinajstić information content (AvgIpc) is 3.26. The first-order chi connectivity index (χ1) is 9.85. The lowest BCUT2D eigenvalue weighted by Gasteiger charge is -2.14. The van der Waals surface area contributed by atoms with Crippen LogP contribution in [0.1, 0.15) is 48.8 Å². The van der Waals surface area contributed by atoms with Gasteiger partial charge in [0.2, 0.25) is 0 Å². The van der Waals surface area contributed by atoms with E-state index < -0.39 is 0 Å². The SMILES string of the molecule is CNc1cc(-n2cnc3c2CCCC3)nc(C2CC2)n1. The molecule has 5 nitrogen and oxygen atoms in total. The summed E-state index contributed by atoms with van der Waals surface area (Å²) in [6.07, 6.45) is 9.06. The number of anilines is 1. The van der Waals surface area contributed by atoms with Crippen molar-refractivity contribution in [3.8, 4) is 5.82 Å². The quantitative estimate of drug-likeness (QED) is 0.930. The number of imidazole rings is 1. The minimum Gasteiger partial charge on any atom is -0.373 e. The molecule has 1 N–H and O–H groups in total. The van der Waals surface area contributed by atoms with E-state index >= 15 is 0 Å². The van der Waals surface area contributed by atoms with Gasteiger partial charge in [-0.2, -0.15) is 0 Å². The summed E-state index contributed by atoms with van der Waals surface area (Å²) in [6.45, 7) is 0. The Bertz CT molecular complexity index is 642. The maximum atomic E-state index is 4.77. The molecule has 0 radical (unpaired) electrons. The van der Waals surface area contributed by atoms with E-state index in [1.54, 1.807) is 0 Å². The predicted molar refractivity (Wildman–Crippen MR) is 77.3 cm³/mol. The number of aryl methyl sites for hydroxylation is 1. The number of hydrogen-bond acceptors (Lipinski definition) is 4. The van der Waals surface area contributed by atoms with Crippen molar-refractivity contribution in [3.05, 3.63) is 29.6 Å². The summed E-state index contributed by atoms with van der Waals surface area (Å²) in [5, 5.41) is 3.15. The van der Waals surface area contributed by atoms with E-state index in [2.05, 4.69) is 19.9 Å². The minimum absolute atomic E-state index is 0.557. The summed E-state index contributed by atoms with van der Waals surface area (Å²) in [6, 6.07) is 2.02. The van der Waals surface area contributed by atoms with Crippen molar-refractivity contribution in [2.24, 2.45) is 0 Å². The minimum atomic E-state index is 0.557. The molecule has 0 aromatic carbocycles. The van der Waals surface area contributed by atoms with E-state index in [9.17, 15) is 0 Å². The Hall–Kier alpha value is -1.91. The van der Waals surface area contributed by atoms with Gasteiger partial charge in [-0.25, -0.2) is 15.0 Å². The molecule has 0 amide bonds. The van der Waals surface area contributed by atoms with Crippen LogP contribution in [0, 0.1) is 0 Å². The topological polar surface area (TPSA) is 55.6 Å². The number of nitrogens with zero attached hydrogens (tertiary/aromatic N) is 4. The van der Waals surface area contributed by atoms with E-state index in [-0.39, 0.29) is 0 Å². The van der Waals surface area contributed by atoms with Crippen LogP contribution in [0.5, 0.6) is 0 Å². The predicted octanol–water partition coefficient (Wildman–Crippen LogP) is 2.46. The highest BCUT2D eigenvalue weighted by molar-refractivity contribution is 5.43. The zero-order chi connectivity index (χ0) is 13.5. The van der Waals surface area contributed by atoms with Gasteiger partial charge in [-0.15, -0.1) is 0 Å². The highest BCUT2D eigenvalue weighted by Gasteiger charge is 2.28. The van der Waals surface area contributed by atoms with E-state index in [1.807, 2.05) is 19.4 Å². The number of fused-ring (bicyclic) bond motifs is 1. The molecule has 2 aromatic rings. The Labute approximate surface area is 118 Å². The molecule has 0 unspecified atom stereocenters. The molecule has 5 heteroatoms. The smallest absolute Gasteiger partial charge is 0.143 e. The number of nitrogens with one attached hydrogen (secondary N) is 1. The van der Waals surface area contributed by atoms with Crippen LogP contribution in [0.2, 0.25) is 0 Å². The standard InChI is InChI=1S/C15H19N5/c1-16-13-8-14(19-15(18-13)10-6-7-10)20-9-17-11-4-2-3-5-12(11)20/h8-10H,2-7H2,1H3,(H,16,18,19). The second-order valence-electron chi connectivity index (χ2n) is 5.71. The van der Waals surface area contributed by atoms with Gasteiger partial charge in [0, 0.05) is 24.7 Å². The Kier molecular flexibility index (Phi) is 2.72. The molecule has 2 aliphatic rings. The third-order valence-electron chi connectivity index (χ3n) is 4.21.